The van der Waals surface area contributed by atoms with Gasteiger partial charge in [-0.3, -0.25) is 0 Å². The van der Waals surface area contributed by atoms with Crippen LogP contribution in [0.5, 0.6) is 0 Å². The Morgan fingerprint density at radius 2 is 1.47 bits per heavy atom. The second-order valence-electron chi connectivity index (χ2n) is 6.24. The van der Waals surface area contributed by atoms with Crippen LogP contribution in [0.3, 0.4) is 0 Å². The highest BCUT2D eigenvalue weighted by molar-refractivity contribution is 5.29. The smallest absolute Gasteiger partial charge is 0.0100 e. The Kier molecular flexibility index (Phi) is 4.09. The molecule has 2 aromatic rings. The van der Waals surface area contributed by atoms with Crippen molar-refractivity contribution in [2.24, 2.45) is 0 Å². The molecule has 0 atom stereocenters. The summed E-state index contributed by atoms with van der Waals surface area (Å²) in [6, 6.07) is 17.8. The van der Waals surface area contributed by atoms with E-state index in [-0.39, 0.29) is 5.41 Å². The third kappa shape index (κ3) is 3.70. The maximum Gasteiger partial charge on any atom is -0.0100 e. The molecule has 0 N–H and O–H groups in total. The molecule has 0 nitrogen and oxygen atoms in total. The predicted molar refractivity (Wildman–Crippen MR) is 83.7 cm³/mol. The summed E-state index contributed by atoms with van der Waals surface area (Å²) < 4.78 is 0. The van der Waals surface area contributed by atoms with Gasteiger partial charge in [0.15, 0.2) is 0 Å². The molecule has 0 radical (unpaired) electrons. The maximum absolute atomic E-state index is 2.34. The van der Waals surface area contributed by atoms with Crippen molar-refractivity contribution in [2.75, 3.05) is 0 Å². The largest absolute Gasteiger partial charge is 0.0617 e. The fourth-order valence-electron chi connectivity index (χ4n) is 2.53. The van der Waals surface area contributed by atoms with Crippen LogP contribution in [0.2, 0.25) is 0 Å². The van der Waals surface area contributed by atoms with E-state index in [1.165, 1.54) is 28.7 Å². The van der Waals surface area contributed by atoms with Crippen LogP contribution < -0.4 is 0 Å². The van der Waals surface area contributed by atoms with Crippen LogP contribution in [-0.4, -0.2) is 0 Å². The van der Waals surface area contributed by atoms with Gasteiger partial charge < -0.3 is 0 Å². The van der Waals surface area contributed by atoms with Gasteiger partial charge in [0.1, 0.15) is 0 Å². The molecular weight excluding hydrogens is 228 g/mol. The number of aryl methyl sites for hydroxylation is 3. The lowest BCUT2D eigenvalue weighted by molar-refractivity contribution is 0.479. The Morgan fingerprint density at radius 3 is 2.11 bits per heavy atom. The Hall–Kier alpha value is -1.56. The second-order valence-corrected chi connectivity index (χ2v) is 6.24. The molecule has 0 aromatic heterocycles. The fourth-order valence-corrected chi connectivity index (χ4v) is 2.53. The molecule has 0 aliphatic carbocycles. The van der Waals surface area contributed by atoms with Crippen molar-refractivity contribution in [3.8, 4) is 0 Å². The van der Waals surface area contributed by atoms with E-state index in [0.29, 0.717) is 0 Å². The lowest BCUT2D eigenvalue weighted by atomic mass is 9.79. The van der Waals surface area contributed by atoms with Crippen LogP contribution in [0.25, 0.3) is 0 Å². The Bertz CT molecular complexity index is 549. The van der Waals surface area contributed by atoms with E-state index in [2.05, 4.69) is 76.2 Å². The zero-order valence-electron chi connectivity index (χ0n) is 12.5. The summed E-state index contributed by atoms with van der Waals surface area (Å²) in [6.07, 6.45) is 2.32. The summed E-state index contributed by atoms with van der Waals surface area (Å²) in [4.78, 5) is 0. The van der Waals surface area contributed by atoms with Crippen molar-refractivity contribution in [1.82, 2.24) is 0 Å². The fraction of sp³-hybridized carbons (Fsp3) is 0.368. The first kappa shape index (κ1) is 13.9. The SMILES string of the molecule is Cc1cccc(CCC(C)(C)c2cccc(C)c2)c1. The second kappa shape index (κ2) is 5.61. The Balaban J connectivity index is 2.09. The standard InChI is InChI=1S/C19H24/c1-15-7-5-9-17(13-15)11-12-19(3,4)18-10-6-8-16(2)14-18/h5-10,13-14H,11-12H2,1-4H3. The van der Waals surface area contributed by atoms with Gasteiger partial charge in [-0.2, -0.15) is 0 Å². The molecular formula is C19H24. The predicted octanol–water partition coefficient (Wildman–Crippen LogP) is 5.21. The molecule has 0 spiro atoms. The van der Waals surface area contributed by atoms with Crippen LogP contribution in [0, 0.1) is 13.8 Å². The third-order valence-corrected chi connectivity index (χ3v) is 3.92. The molecule has 19 heavy (non-hydrogen) atoms. The lowest BCUT2D eigenvalue weighted by Gasteiger charge is -2.26. The maximum atomic E-state index is 2.34. The molecule has 0 fully saturated rings. The molecule has 2 aromatic carbocycles. The number of rotatable bonds is 4. The first-order chi connectivity index (χ1) is 8.97. The summed E-state index contributed by atoms with van der Waals surface area (Å²) in [5.74, 6) is 0. The monoisotopic (exact) mass is 252 g/mol. The van der Waals surface area contributed by atoms with E-state index in [1.54, 1.807) is 0 Å². The minimum atomic E-state index is 0.232. The van der Waals surface area contributed by atoms with E-state index in [0.717, 1.165) is 6.42 Å². The van der Waals surface area contributed by atoms with Crippen molar-refractivity contribution in [1.29, 1.82) is 0 Å². The van der Waals surface area contributed by atoms with Gasteiger partial charge in [0.25, 0.3) is 0 Å². The Labute approximate surface area is 117 Å². The number of benzene rings is 2. The molecule has 100 valence electrons. The van der Waals surface area contributed by atoms with Crippen LogP contribution in [0.4, 0.5) is 0 Å². The molecule has 0 saturated heterocycles. The van der Waals surface area contributed by atoms with E-state index < -0.39 is 0 Å². The van der Waals surface area contributed by atoms with Gasteiger partial charge in [-0.25, -0.2) is 0 Å². The van der Waals surface area contributed by atoms with Gasteiger partial charge in [0, 0.05) is 0 Å². The van der Waals surface area contributed by atoms with E-state index in [1.807, 2.05) is 0 Å². The summed E-state index contributed by atoms with van der Waals surface area (Å²) in [5, 5.41) is 0. The molecule has 0 unspecified atom stereocenters. The highest BCUT2D eigenvalue weighted by Crippen LogP contribution is 2.29. The molecule has 0 amide bonds. The minimum Gasteiger partial charge on any atom is -0.0617 e. The number of hydrogen-bond acceptors (Lipinski definition) is 0. The van der Waals surface area contributed by atoms with Gasteiger partial charge >= 0.3 is 0 Å². The summed E-state index contributed by atoms with van der Waals surface area (Å²) >= 11 is 0. The molecule has 0 aliphatic rings. The molecule has 2 rings (SSSR count). The van der Waals surface area contributed by atoms with E-state index >= 15 is 0 Å². The number of hydrogen-bond donors (Lipinski definition) is 0. The first-order valence-electron chi connectivity index (χ1n) is 7.10. The third-order valence-electron chi connectivity index (χ3n) is 3.92. The topological polar surface area (TPSA) is 0 Å². The van der Waals surface area contributed by atoms with Gasteiger partial charge in [-0.1, -0.05) is 73.5 Å². The average Bonchev–Trinajstić information content (AvgIpc) is 2.37. The lowest BCUT2D eigenvalue weighted by Crippen LogP contribution is -2.18. The Morgan fingerprint density at radius 1 is 0.842 bits per heavy atom. The molecule has 0 heteroatoms. The van der Waals surface area contributed by atoms with Gasteiger partial charge in [0.05, 0.1) is 0 Å². The van der Waals surface area contributed by atoms with Crippen molar-refractivity contribution in [3.05, 3.63) is 70.8 Å². The average molecular weight is 252 g/mol. The van der Waals surface area contributed by atoms with Crippen LogP contribution >= 0.6 is 0 Å². The van der Waals surface area contributed by atoms with Crippen molar-refractivity contribution >= 4 is 0 Å². The summed E-state index contributed by atoms with van der Waals surface area (Å²) in [6.45, 7) is 9.02. The molecule has 0 saturated carbocycles. The van der Waals surface area contributed by atoms with Crippen molar-refractivity contribution < 1.29 is 0 Å². The van der Waals surface area contributed by atoms with Gasteiger partial charge in [0.2, 0.25) is 0 Å². The first-order valence-corrected chi connectivity index (χ1v) is 7.10. The molecule has 0 heterocycles. The van der Waals surface area contributed by atoms with Gasteiger partial charge in [-0.05, 0) is 43.2 Å². The van der Waals surface area contributed by atoms with E-state index in [9.17, 15) is 0 Å². The van der Waals surface area contributed by atoms with E-state index in [4.69, 9.17) is 0 Å². The highest BCUT2D eigenvalue weighted by atomic mass is 14.2. The highest BCUT2D eigenvalue weighted by Gasteiger charge is 2.20. The van der Waals surface area contributed by atoms with Crippen LogP contribution in [-0.2, 0) is 11.8 Å². The van der Waals surface area contributed by atoms with Crippen LogP contribution in [0.15, 0.2) is 48.5 Å². The molecule has 0 aliphatic heterocycles. The van der Waals surface area contributed by atoms with Gasteiger partial charge in [-0.15, -0.1) is 0 Å². The zero-order chi connectivity index (χ0) is 13.9. The summed E-state index contributed by atoms with van der Waals surface area (Å²) in [5.41, 5.74) is 5.82. The normalized spacial score (nSPS) is 11.6. The molecule has 0 bridgehead atoms. The van der Waals surface area contributed by atoms with Crippen LogP contribution in [0.1, 0.15) is 42.5 Å². The quantitative estimate of drug-likeness (QED) is 0.700. The van der Waals surface area contributed by atoms with Crippen molar-refractivity contribution in [2.45, 2.75) is 46.0 Å². The zero-order valence-corrected chi connectivity index (χ0v) is 12.5. The van der Waals surface area contributed by atoms with Crippen molar-refractivity contribution in [3.63, 3.8) is 0 Å². The minimum absolute atomic E-state index is 0.232. The summed E-state index contributed by atoms with van der Waals surface area (Å²) in [7, 11) is 0.